The quantitative estimate of drug-likeness (QED) is 0.789. The van der Waals surface area contributed by atoms with Crippen LogP contribution in [0.25, 0.3) is 21.8 Å². The highest BCUT2D eigenvalue weighted by molar-refractivity contribution is 7.13. The van der Waals surface area contributed by atoms with Gasteiger partial charge in [-0.2, -0.15) is 0 Å². The van der Waals surface area contributed by atoms with Crippen molar-refractivity contribution in [2.45, 2.75) is 19.9 Å². The first kappa shape index (κ1) is 16.2. The Morgan fingerprint density at radius 2 is 1.92 bits per heavy atom. The van der Waals surface area contributed by atoms with E-state index in [2.05, 4.69) is 4.98 Å². The van der Waals surface area contributed by atoms with Crippen LogP contribution in [0.1, 0.15) is 13.3 Å². The normalized spacial score (nSPS) is 10.9. The van der Waals surface area contributed by atoms with Gasteiger partial charge in [0, 0.05) is 24.5 Å². The van der Waals surface area contributed by atoms with Gasteiger partial charge in [-0.05, 0) is 6.42 Å². The number of benzene rings is 1. The van der Waals surface area contributed by atoms with Crippen molar-refractivity contribution in [3.63, 3.8) is 0 Å². The number of hydrogen-bond acceptors (Lipinski definition) is 5. The van der Waals surface area contributed by atoms with Gasteiger partial charge in [0.05, 0.1) is 5.69 Å². The number of aromatic nitrogens is 3. The minimum Gasteiger partial charge on any atom is -0.384 e. The summed E-state index contributed by atoms with van der Waals surface area (Å²) in [5.74, 6) is 0.176. The van der Waals surface area contributed by atoms with Gasteiger partial charge in [0.25, 0.3) is 5.56 Å². The maximum atomic E-state index is 12.5. The van der Waals surface area contributed by atoms with Gasteiger partial charge < -0.3 is 5.73 Å². The Labute approximate surface area is 142 Å². The van der Waals surface area contributed by atoms with E-state index < -0.39 is 11.2 Å². The number of thiazole rings is 1. The lowest BCUT2D eigenvalue weighted by atomic mass is 10.2. The molecule has 0 unspecified atom stereocenters. The predicted molar refractivity (Wildman–Crippen MR) is 97.2 cm³/mol. The van der Waals surface area contributed by atoms with Gasteiger partial charge in [0.2, 0.25) is 0 Å². The third-order valence-corrected chi connectivity index (χ3v) is 4.70. The number of nitrogen functional groups attached to an aromatic ring is 1. The second-order valence-electron chi connectivity index (χ2n) is 5.46. The Hall–Kier alpha value is -2.67. The van der Waals surface area contributed by atoms with Crippen LogP contribution in [0.2, 0.25) is 0 Å². The first-order valence-electron chi connectivity index (χ1n) is 7.65. The summed E-state index contributed by atoms with van der Waals surface area (Å²) < 4.78 is 2.52. The van der Waals surface area contributed by atoms with Gasteiger partial charge in [-0.1, -0.05) is 37.3 Å². The number of rotatable bonds is 4. The Balaban J connectivity index is 2.19. The number of hydrogen-bond donors (Lipinski definition) is 1. The molecule has 0 radical (unpaired) electrons. The van der Waals surface area contributed by atoms with Crippen molar-refractivity contribution >= 4 is 17.2 Å². The summed E-state index contributed by atoms with van der Waals surface area (Å²) >= 11 is 1.44. The fourth-order valence-corrected chi connectivity index (χ4v) is 3.38. The molecular weight excluding hydrogens is 324 g/mol. The fraction of sp³-hybridized carbons (Fsp3) is 0.235. The summed E-state index contributed by atoms with van der Waals surface area (Å²) in [5, 5.41) is 2.61. The van der Waals surface area contributed by atoms with Gasteiger partial charge in [-0.3, -0.25) is 13.9 Å². The molecule has 0 fully saturated rings. The van der Waals surface area contributed by atoms with Crippen molar-refractivity contribution in [2.75, 3.05) is 5.73 Å². The van der Waals surface area contributed by atoms with Crippen molar-refractivity contribution in [1.29, 1.82) is 0 Å². The van der Waals surface area contributed by atoms with Crippen molar-refractivity contribution in [3.05, 3.63) is 56.5 Å². The van der Waals surface area contributed by atoms with E-state index in [0.29, 0.717) is 12.2 Å². The summed E-state index contributed by atoms with van der Waals surface area (Å²) in [7, 11) is 1.46. The standard InChI is InChI=1S/C17H18N4O2S/c1-3-9-21-14(18)13(16(22)20(2)17(21)23)12-10-24-15(19-12)11-7-5-4-6-8-11/h4-8,10H,3,9,18H2,1-2H3. The van der Waals surface area contributed by atoms with Crippen LogP contribution < -0.4 is 17.0 Å². The molecule has 24 heavy (non-hydrogen) atoms. The van der Waals surface area contributed by atoms with Gasteiger partial charge in [0.1, 0.15) is 16.4 Å². The van der Waals surface area contributed by atoms with E-state index in [-0.39, 0.29) is 11.4 Å². The number of nitrogens with zero attached hydrogens (tertiary/aromatic N) is 3. The third kappa shape index (κ3) is 2.67. The molecule has 0 aliphatic heterocycles. The molecule has 1 aromatic carbocycles. The lowest BCUT2D eigenvalue weighted by molar-refractivity contribution is 0.600. The minimum atomic E-state index is -0.422. The zero-order valence-corrected chi connectivity index (χ0v) is 14.3. The van der Waals surface area contributed by atoms with Crippen LogP contribution in [0.3, 0.4) is 0 Å². The molecular formula is C17H18N4O2S. The van der Waals surface area contributed by atoms with Crippen LogP contribution in [-0.4, -0.2) is 14.1 Å². The fourth-order valence-electron chi connectivity index (χ4n) is 2.57. The van der Waals surface area contributed by atoms with Crippen molar-refractivity contribution < 1.29 is 0 Å². The molecule has 3 aromatic rings. The second-order valence-corrected chi connectivity index (χ2v) is 6.32. The van der Waals surface area contributed by atoms with E-state index >= 15 is 0 Å². The van der Waals surface area contributed by atoms with Crippen LogP contribution in [0.15, 0.2) is 45.3 Å². The van der Waals surface area contributed by atoms with E-state index in [0.717, 1.165) is 21.6 Å². The van der Waals surface area contributed by atoms with Crippen molar-refractivity contribution in [3.8, 4) is 21.8 Å². The molecule has 7 heteroatoms. The summed E-state index contributed by atoms with van der Waals surface area (Å²) in [4.78, 5) is 29.3. The largest absolute Gasteiger partial charge is 0.384 e. The lowest BCUT2D eigenvalue weighted by Crippen LogP contribution is -2.40. The van der Waals surface area contributed by atoms with Gasteiger partial charge in [0.15, 0.2) is 0 Å². The van der Waals surface area contributed by atoms with E-state index in [4.69, 9.17) is 5.73 Å². The molecule has 0 saturated heterocycles. The molecule has 124 valence electrons. The van der Waals surface area contributed by atoms with Crippen LogP contribution in [0, 0.1) is 0 Å². The molecule has 0 atom stereocenters. The monoisotopic (exact) mass is 342 g/mol. The predicted octanol–water partition coefficient (Wildman–Crippen LogP) is 2.33. The van der Waals surface area contributed by atoms with E-state index in [9.17, 15) is 9.59 Å². The van der Waals surface area contributed by atoms with E-state index in [1.54, 1.807) is 5.38 Å². The molecule has 0 aliphatic rings. The highest BCUT2D eigenvalue weighted by atomic mass is 32.1. The van der Waals surface area contributed by atoms with Crippen molar-refractivity contribution in [2.24, 2.45) is 7.05 Å². The first-order valence-corrected chi connectivity index (χ1v) is 8.53. The second kappa shape index (κ2) is 6.45. The summed E-state index contributed by atoms with van der Waals surface area (Å²) in [6, 6.07) is 9.73. The molecule has 0 saturated carbocycles. The zero-order valence-electron chi connectivity index (χ0n) is 13.5. The molecule has 0 bridgehead atoms. The average molecular weight is 342 g/mol. The van der Waals surface area contributed by atoms with Crippen LogP contribution in [0.5, 0.6) is 0 Å². The maximum Gasteiger partial charge on any atom is 0.332 e. The van der Waals surface area contributed by atoms with Crippen molar-refractivity contribution in [1.82, 2.24) is 14.1 Å². The molecule has 2 aromatic heterocycles. The summed E-state index contributed by atoms with van der Waals surface area (Å²) in [6.07, 6.45) is 0.744. The Bertz CT molecular complexity index is 986. The Morgan fingerprint density at radius 1 is 1.21 bits per heavy atom. The smallest absolute Gasteiger partial charge is 0.332 e. The maximum absolute atomic E-state index is 12.5. The third-order valence-electron chi connectivity index (χ3n) is 3.81. The number of anilines is 1. The Morgan fingerprint density at radius 3 is 2.58 bits per heavy atom. The molecule has 0 spiro atoms. The molecule has 2 heterocycles. The van der Waals surface area contributed by atoms with Gasteiger partial charge in [-0.25, -0.2) is 9.78 Å². The SMILES string of the molecule is CCCn1c(N)c(-c2csc(-c3ccccc3)n2)c(=O)n(C)c1=O. The topological polar surface area (TPSA) is 82.9 Å². The van der Waals surface area contributed by atoms with E-state index in [1.165, 1.54) is 23.0 Å². The molecule has 6 nitrogen and oxygen atoms in total. The Kier molecular flexibility index (Phi) is 4.35. The summed E-state index contributed by atoms with van der Waals surface area (Å²) in [6.45, 7) is 2.41. The highest BCUT2D eigenvalue weighted by Crippen LogP contribution is 2.29. The molecule has 3 rings (SSSR count). The van der Waals surface area contributed by atoms with Gasteiger partial charge in [-0.15, -0.1) is 11.3 Å². The molecule has 0 aliphatic carbocycles. The van der Waals surface area contributed by atoms with Crippen LogP contribution >= 0.6 is 11.3 Å². The molecule has 2 N–H and O–H groups in total. The first-order chi connectivity index (χ1) is 11.5. The van der Waals surface area contributed by atoms with Crippen LogP contribution in [-0.2, 0) is 13.6 Å². The summed E-state index contributed by atoms with van der Waals surface area (Å²) in [5.41, 5.74) is 7.07. The minimum absolute atomic E-state index is 0.176. The zero-order chi connectivity index (χ0) is 17.3. The molecule has 0 amide bonds. The van der Waals surface area contributed by atoms with E-state index in [1.807, 2.05) is 37.3 Å². The van der Waals surface area contributed by atoms with Gasteiger partial charge >= 0.3 is 5.69 Å². The number of nitrogens with two attached hydrogens (primary N) is 1. The average Bonchev–Trinajstić information content (AvgIpc) is 3.07. The van der Waals surface area contributed by atoms with Crippen LogP contribution in [0.4, 0.5) is 5.82 Å². The highest BCUT2D eigenvalue weighted by Gasteiger charge is 2.19. The lowest BCUT2D eigenvalue weighted by Gasteiger charge is -2.13.